The van der Waals surface area contributed by atoms with Crippen LogP contribution in [0.1, 0.15) is 65.7 Å². The van der Waals surface area contributed by atoms with Gasteiger partial charge in [-0.25, -0.2) is 0 Å². The van der Waals surface area contributed by atoms with Gasteiger partial charge in [0.1, 0.15) is 0 Å². The van der Waals surface area contributed by atoms with Crippen LogP contribution in [0.3, 0.4) is 0 Å². The normalized spacial score (nSPS) is 35.1. The predicted molar refractivity (Wildman–Crippen MR) is 75.1 cm³/mol. The molecular formula is C16H31N. The molecule has 0 heterocycles. The molecule has 2 aliphatic rings. The van der Waals surface area contributed by atoms with E-state index < -0.39 is 0 Å². The minimum absolute atomic E-state index is 0.758. The summed E-state index contributed by atoms with van der Waals surface area (Å²) < 4.78 is 0. The van der Waals surface area contributed by atoms with E-state index in [1.54, 1.807) is 25.7 Å². The average molecular weight is 237 g/mol. The van der Waals surface area contributed by atoms with Gasteiger partial charge in [0.05, 0.1) is 0 Å². The summed E-state index contributed by atoms with van der Waals surface area (Å²) in [6.07, 6.45) is 10.2. The van der Waals surface area contributed by atoms with E-state index in [1.807, 2.05) is 0 Å². The monoisotopic (exact) mass is 237 g/mol. The van der Waals surface area contributed by atoms with Crippen LogP contribution >= 0.6 is 0 Å². The first kappa shape index (κ1) is 13.4. The second-order valence-corrected chi connectivity index (χ2v) is 6.62. The van der Waals surface area contributed by atoms with Crippen LogP contribution < -0.4 is 5.32 Å². The molecule has 0 amide bonds. The van der Waals surface area contributed by atoms with E-state index in [2.05, 4.69) is 26.1 Å². The topological polar surface area (TPSA) is 12.0 Å². The summed E-state index contributed by atoms with van der Waals surface area (Å²) in [5.74, 6) is 4.16. The molecule has 0 aromatic rings. The van der Waals surface area contributed by atoms with Gasteiger partial charge in [-0.15, -0.1) is 0 Å². The van der Waals surface area contributed by atoms with E-state index in [-0.39, 0.29) is 0 Å². The van der Waals surface area contributed by atoms with E-state index >= 15 is 0 Å². The quantitative estimate of drug-likeness (QED) is 0.699. The van der Waals surface area contributed by atoms with E-state index in [9.17, 15) is 0 Å². The van der Waals surface area contributed by atoms with Crippen molar-refractivity contribution in [2.45, 2.75) is 71.8 Å². The number of hydrogen-bond acceptors (Lipinski definition) is 1. The molecule has 0 aromatic heterocycles. The van der Waals surface area contributed by atoms with Gasteiger partial charge in [-0.1, -0.05) is 27.2 Å². The van der Waals surface area contributed by atoms with Gasteiger partial charge in [-0.05, 0) is 68.7 Å². The van der Waals surface area contributed by atoms with Crippen LogP contribution in [0.25, 0.3) is 0 Å². The van der Waals surface area contributed by atoms with Crippen molar-refractivity contribution in [2.75, 3.05) is 6.54 Å². The maximum Gasteiger partial charge on any atom is 0.00901 e. The summed E-state index contributed by atoms with van der Waals surface area (Å²) in [4.78, 5) is 0. The van der Waals surface area contributed by atoms with Crippen molar-refractivity contribution in [2.24, 2.45) is 23.7 Å². The van der Waals surface area contributed by atoms with Crippen molar-refractivity contribution in [1.29, 1.82) is 0 Å². The Kier molecular flexibility index (Phi) is 4.90. The largest absolute Gasteiger partial charge is 0.314 e. The van der Waals surface area contributed by atoms with Crippen molar-refractivity contribution in [3.8, 4) is 0 Å². The summed E-state index contributed by atoms with van der Waals surface area (Å²) in [6, 6.07) is 0.758. The van der Waals surface area contributed by atoms with Crippen LogP contribution in [0, 0.1) is 23.7 Å². The van der Waals surface area contributed by atoms with Gasteiger partial charge in [0.15, 0.2) is 0 Å². The van der Waals surface area contributed by atoms with Gasteiger partial charge >= 0.3 is 0 Å². The summed E-state index contributed by atoms with van der Waals surface area (Å²) >= 11 is 0. The SMILES string of the molecule is CCCNC(CC)C(C)CC1CC2CCC1C2. The molecule has 1 nitrogen and oxygen atoms in total. The van der Waals surface area contributed by atoms with Crippen LogP contribution in [0.4, 0.5) is 0 Å². The molecule has 2 fully saturated rings. The molecule has 0 spiro atoms. The Hall–Kier alpha value is -0.0400. The minimum atomic E-state index is 0.758. The summed E-state index contributed by atoms with van der Waals surface area (Å²) in [7, 11) is 0. The van der Waals surface area contributed by atoms with Crippen LogP contribution in [0.5, 0.6) is 0 Å². The molecule has 17 heavy (non-hydrogen) atoms. The molecule has 0 saturated heterocycles. The molecular weight excluding hydrogens is 206 g/mol. The maximum absolute atomic E-state index is 3.74. The van der Waals surface area contributed by atoms with Gasteiger partial charge in [-0.2, -0.15) is 0 Å². The third-order valence-corrected chi connectivity index (χ3v) is 5.34. The lowest BCUT2D eigenvalue weighted by Gasteiger charge is -2.30. The molecule has 5 unspecified atom stereocenters. The summed E-state index contributed by atoms with van der Waals surface area (Å²) in [5.41, 5.74) is 0. The Morgan fingerprint density at radius 1 is 1.18 bits per heavy atom. The molecule has 5 atom stereocenters. The number of fused-ring (bicyclic) bond motifs is 2. The molecule has 0 radical (unpaired) electrons. The third kappa shape index (κ3) is 3.24. The molecule has 2 bridgehead atoms. The van der Waals surface area contributed by atoms with Crippen molar-refractivity contribution < 1.29 is 0 Å². The highest BCUT2D eigenvalue weighted by atomic mass is 14.9. The van der Waals surface area contributed by atoms with Crippen LogP contribution in [0.15, 0.2) is 0 Å². The second-order valence-electron chi connectivity index (χ2n) is 6.62. The lowest BCUT2D eigenvalue weighted by Crippen LogP contribution is -2.36. The Morgan fingerprint density at radius 2 is 2.00 bits per heavy atom. The Balaban J connectivity index is 1.77. The van der Waals surface area contributed by atoms with Crippen molar-refractivity contribution in [3.63, 3.8) is 0 Å². The highest BCUT2D eigenvalue weighted by Crippen LogP contribution is 2.50. The zero-order chi connectivity index (χ0) is 12.3. The smallest absolute Gasteiger partial charge is 0.00901 e. The minimum Gasteiger partial charge on any atom is -0.314 e. The molecule has 2 rings (SSSR count). The first-order chi connectivity index (χ1) is 8.24. The predicted octanol–water partition coefficient (Wildman–Crippen LogP) is 4.23. The summed E-state index contributed by atoms with van der Waals surface area (Å²) in [6.45, 7) is 8.27. The molecule has 100 valence electrons. The fraction of sp³-hybridized carbons (Fsp3) is 1.00. The van der Waals surface area contributed by atoms with Crippen LogP contribution in [-0.2, 0) is 0 Å². The number of nitrogens with one attached hydrogen (secondary N) is 1. The first-order valence-electron chi connectivity index (χ1n) is 7.97. The van der Waals surface area contributed by atoms with E-state index in [0.29, 0.717) is 0 Å². The average Bonchev–Trinajstić information content (AvgIpc) is 2.92. The highest BCUT2D eigenvalue weighted by molar-refractivity contribution is 4.91. The molecule has 1 heteroatoms. The molecule has 0 aliphatic heterocycles. The van der Waals surface area contributed by atoms with E-state index in [1.165, 1.54) is 25.8 Å². The standard InChI is InChI=1S/C16H31N/c1-4-8-17-16(5-2)12(3)9-15-11-13-6-7-14(15)10-13/h12-17H,4-11H2,1-3H3. The fourth-order valence-corrected chi connectivity index (χ4v) is 4.38. The third-order valence-electron chi connectivity index (χ3n) is 5.34. The Labute approximate surface area is 108 Å². The Morgan fingerprint density at radius 3 is 2.53 bits per heavy atom. The van der Waals surface area contributed by atoms with Gasteiger partial charge in [0.25, 0.3) is 0 Å². The molecule has 2 saturated carbocycles. The van der Waals surface area contributed by atoms with Crippen molar-refractivity contribution in [3.05, 3.63) is 0 Å². The zero-order valence-electron chi connectivity index (χ0n) is 12.0. The van der Waals surface area contributed by atoms with E-state index in [0.717, 1.165) is 29.7 Å². The van der Waals surface area contributed by atoms with Gasteiger partial charge in [-0.3, -0.25) is 0 Å². The van der Waals surface area contributed by atoms with E-state index in [4.69, 9.17) is 0 Å². The molecule has 0 aromatic carbocycles. The molecule has 2 aliphatic carbocycles. The van der Waals surface area contributed by atoms with Crippen molar-refractivity contribution in [1.82, 2.24) is 5.32 Å². The van der Waals surface area contributed by atoms with Gasteiger partial charge in [0.2, 0.25) is 0 Å². The fourth-order valence-electron chi connectivity index (χ4n) is 4.38. The Bertz CT molecular complexity index is 226. The number of hydrogen-bond donors (Lipinski definition) is 1. The molecule has 1 N–H and O–H groups in total. The van der Waals surface area contributed by atoms with Crippen molar-refractivity contribution >= 4 is 0 Å². The van der Waals surface area contributed by atoms with Gasteiger partial charge in [0, 0.05) is 6.04 Å². The lowest BCUT2D eigenvalue weighted by molar-refractivity contribution is 0.238. The zero-order valence-corrected chi connectivity index (χ0v) is 12.0. The highest BCUT2D eigenvalue weighted by Gasteiger charge is 2.40. The lowest BCUT2D eigenvalue weighted by atomic mass is 9.80. The van der Waals surface area contributed by atoms with Gasteiger partial charge < -0.3 is 5.32 Å². The second kappa shape index (κ2) is 6.22. The summed E-state index contributed by atoms with van der Waals surface area (Å²) in [5, 5.41) is 3.74. The number of rotatable bonds is 7. The van der Waals surface area contributed by atoms with Crippen LogP contribution in [0.2, 0.25) is 0 Å². The van der Waals surface area contributed by atoms with Crippen LogP contribution in [-0.4, -0.2) is 12.6 Å². The first-order valence-corrected chi connectivity index (χ1v) is 7.97. The maximum atomic E-state index is 3.74.